The zero-order valence-corrected chi connectivity index (χ0v) is 11.4. The Kier molecular flexibility index (Phi) is 18.2. The first-order valence-electron chi connectivity index (χ1n) is 5.66. The van der Waals surface area contributed by atoms with E-state index in [0.29, 0.717) is 0 Å². The molecular formula is C10H19N3Na2O6S. The van der Waals surface area contributed by atoms with Gasteiger partial charge in [0.05, 0.1) is 0 Å². The molecule has 0 rings (SSSR count). The molecular weight excluding hydrogens is 336 g/mol. The van der Waals surface area contributed by atoms with Crippen molar-refractivity contribution in [2.75, 3.05) is 12.3 Å². The number of carboxylic acid groups (broad SMARTS) is 2. The summed E-state index contributed by atoms with van der Waals surface area (Å²) in [7, 11) is 0. The Labute approximate surface area is 177 Å². The van der Waals surface area contributed by atoms with Gasteiger partial charge in [0.25, 0.3) is 0 Å². The molecule has 9 nitrogen and oxygen atoms in total. The van der Waals surface area contributed by atoms with Gasteiger partial charge in [0, 0.05) is 12.2 Å². The molecule has 0 aliphatic heterocycles. The number of carbonyl (C=O) groups excluding carboxylic acids is 2. The maximum atomic E-state index is 11.5. The van der Waals surface area contributed by atoms with Crippen molar-refractivity contribution in [3.8, 4) is 0 Å². The third kappa shape index (κ3) is 12.7. The molecule has 2 amide bonds. The van der Waals surface area contributed by atoms with Gasteiger partial charge in [-0.1, -0.05) is 0 Å². The Balaban J connectivity index is -0.00000180. The summed E-state index contributed by atoms with van der Waals surface area (Å²) in [4.78, 5) is 43.7. The van der Waals surface area contributed by atoms with Crippen molar-refractivity contribution in [1.82, 2.24) is 10.6 Å². The van der Waals surface area contributed by atoms with Crippen molar-refractivity contribution in [1.29, 1.82) is 0 Å². The number of hydrogen-bond donors (Lipinski definition) is 6. The summed E-state index contributed by atoms with van der Waals surface area (Å²) in [6.07, 6.45) is -0.235. The van der Waals surface area contributed by atoms with Gasteiger partial charge in [-0.25, -0.2) is 0 Å². The van der Waals surface area contributed by atoms with E-state index in [4.69, 9.17) is 15.9 Å². The van der Waals surface area contributed by atoms with Crippen LogP contribution in [0.4, 0.5) is 0 Å². The molecule has 0 aliphatic rings. The second kappa shape index (κ2) is 14.8. The Morgan fingerprint density at radius 1 is 1.14 bits per heavy atom. The molecule has 6 N–H and O–H groups in total. The molecule has 0 aromatic carbocycles. The molecule has 0 fully saturated rings. The second-order valence-corrected chi connectivity index (χ2v) is 4.26. The molecule has 2 atom stereocenters. The topological polar surface area (TPSA) is 159 Å². The monoisotopic (exact) mass is 355 g/mol. The Hall–Kier alpha value is 0.190. The number of carbonyl (C=O) groups is 4. The van der Waals surface area contributed by atoms with E-state index in [1.807, 2.05) is 0 Å². The number of carboxylic acids is 2. The Morgan fingerprint density at radius 2 is 1.68 bits per heavy atom. The average molecular weight is 355 g/mol. The van der Waals surface area contributed by atoms with E-state index in [2.05, 4.69) is 23.3 Å². The molecule has 0 aromatic heterocycles. The zero-order valence-electron chi connectivity index (χ0n) is 10.5. The molecule has 12 heteroatoms. The first-order valence-corrected chi connectivity index (χ1v) is 6.29. The summed E-state index contributed by atoms with van der Waals surface area (Å²) in [6.45, 7) is -0.567. The van der Waals surface area contributed by atoms with E-state index < -0.39 is 42.4 Å². The van der Waals surface area contributed by atoms with Gasteiger partial charge in [-0.15, -0.1) is 0 Å². The molecule has 0 aliphatic carbocycles. The van der Waals surface area contributed by atoms with Crippen LogP contribution in [-0.2, 0) is 19.2 Å². The van der Waals surface area contributed by atoms with Crippen LogP contribution < -0.4 is 16.4 Å². The first kappa shape index (κ1) is 27.1. The Bertz CT molecular complexity index is 399. The quantitative estimate of drug-likeness (QED) is 0.185. The summed E-state index contributed by atoms with van der Waals surface area (Å²) < 4.78 is 0. The van der Waals surface area contributed by atoms with E-state index in [0.717, 1.165) is 0 Å². The number of rotatable bonds is 9. The van der Waals surface area contributed by atoms with Crippen LogP contribution >= 0.6 is 12.6 Å². The van der Waals surface area contributed by atoms with Crippen LogP contribution in [0.25, 0.3) is 0 Å². The molecule has 22 heavy (non-hydrogen) atoms. The van der Waals surface area contributed by atoms with Crippen LogP contribution in [0.5, 0.6) is 0 Å². The SMILES string of the molecule is N[C@@H](CCC(=O)N[C@@H](CS)C(=O)NCC(=O)O)C(=O)O.[NaH].[NaH]. The number of amides is 2. The van der Waals surface area contributed by atoms with Gasteiger partial charge in [0.1, 0.15) is 18.6 Å². The molecule has 118 valence electrons. The van der Waals surface area contributed by atoms with Gasteiger partial charge in [0.2, 0.25) is 11.8 Å². The van der Waals surface area contributed by atoms with Crippen LogP contribution in [-0.4, -0.2) is 117 Å². The molecule has 0 saturated heterocycles. The van der Waals surface area contributed by atoms with Crippen LogP contribution in [0.2, 0.25) is 0 Å². The summed E-state index contributed by atoms with van der Waals surface area (Å²) in [5, 5.41) is 21.4. The number of thiol groups is 1. The fourth-order valence-electron chi connectivity index (χ4n) is 1.16. The molecule has 0 unspecified atom stereocenters. The second-order valence-electron chi connectivity index (χ2n) is 3.90. The first-order chi connectivity index (χ1) is 9.27. The van der Waals surface area contributed by atoms with Gasteiger partial charge in [-0.3, -0.25) is 19.2 Å². The van der Waals surface area contributed by atoms with Gasteiger partial charge in [-0.2, -0.15) is 12.6 Å². The average Bonchev–Trinajstić information content (AvgIpc) is 2.38. The van der Waals surface area contributed by atoms with Crippen molar-refractivity contribution in [2.24, 2.45) is 5.73 Å². The fourth-order valence-corrected chi connectivity index (χ4v) is 1.41. The van der Waals surface area contributed by atoms with Crippen molar-refractivity contribution in [3.05, 3.63) is 0 Å². The van der Waals surface area contributed by atoms with Crippen LogP contribution in [0.3, 0.4) is 0 Å². The number of nitrogens with two attached hydrogens (primary N) is 1. The summed E-state index contributed by atoms with van der Waals surface area (Å²) in [6, 6.07) is -2.15. The summed E-state index contributed by atoms with van der Waals surface area (Å²) in [5.41, 5.74) is 5.23. The van der Waals surface area contributed by atoms with Gasteiger partial charge in [0.15, 0.2) is 0 Å². The molecule has 0 saturated carbocycles. The standard InChI is InChI=1S/C10H17N3O6S.2Na.2H/c11-5(10(18)19)1-2-7(14)13-6(4-20)9(17)12-3-8(15)16;;;;/h5-6,20H,1-4,11H2,(H,12,17)(H,13,14)(H,15,16)(H,18,19);;;;/t5-,6-;;;;/m0..../s1. The van der Waals surface area contributed by atoms with E-state index in [-0.39, 0.29) is 77.7 Å². The minimum atomic E-state index is -1.22. The van der Waals surface area contributed by atoms with Crippen molar-refractivity contribution < 1.29 is 29.4 Å². The fraction of sp³-hybridized carbons (Fsp3) is 0.600. The molecule has 0 heterocycles. The van der Waals surface area contributed by atoms with Crippen LogP contribution in [0.15, 0.2) is 0 Å². The van der Waals surface area contributed by atoms with E-state index in [9.17, 15) is 19.2 Å². The van der Waals surface area contributed by atoms with Crippen molar-refractivity contribution in [3.63, 3.8) is 0 Å². The van der Waals surface area contributed by atoms with Gasteiger partial charge >= 0.3 is 71.1 Å². The molecule has 0 bridgehead atoms. The third-order valence-corrected chi connectivity index (χ3v) is 2.61. The molecule has 0 aromatic rings. The predicted molar refractivity (Wildman–Crippen MR) is 85.6 cm³/mol. The molecule has 0 radical (unpaired) electrons. The van der Waals surface area contributed by atoms with E-state index in [1.54, 1.807) is 0 Å². The number of hydrogen-bond acceptors (Lipinski definition) is 6. The summed E-state index contributed by atoms with van der Waals surface area (Å²) in [5.74, 6) is -3.70. The van der Waals surface area contributed by atoms with Gasteiger partial charge in [-0.05, 0) is 6.42 Å². The number of aliphatic carboxylic acids is 2. The third-order valence-electron chi connectivity index (χ3n) is 2.25. The predicted octanol–water partition coefficient (Wildman–Crippen LogP) is -3.50. The van der Waals surface area contributed by atoms with Crippen LogP contribution in [0.1, 0.15) is 12.8 Å². The molecule has 0 spiro atoms. The van der Waals surface area contributed by atoms with Crippen LogP contribution in [0, 0.1) is 0 Å². The van der Waals surface area contributed by atoms with Crippen molar-refractivity contribution >= 4 is 95.5 Å². The Morgan fingerprint density at radius 3 is 2.09 bits per heavy atom. The normalized spacial score (nSPS) is 11.9. The number of nitrogens with one attached hydrogen (secondary N) is 2. The zero-order chi connectivity index (χ0) is 15.7. The minimum absolute atomic E-state index is 0. The van der Waals surface area contributed by atoms with Crippen molar-refractivity contribution in [2.45, 2.75) is 24.9 Å². The maximum absolute atomic E-state index is 11.5. The van der Waals surface area contributed by atoms with E-state index in [1.165, 1.54) is 0 Å². The summed E-state index contributed by atoms with van der Waals surface area (Å²) >= 11 is 3.87. The van der Waals surface area contributed by atoms with E-state index >= 15 is 0 Å². The van der Waals surface area contributed by atoms with Gasteiger partial charge < -0.3 is 26.6 Å².